The zero-order chi connectivity index (χ0) is 13.2. The molecule has 2 aliphatic rings. The van der Waals surface area contributed by atoms with Gasteiger partial charge in [0.1, 0.15) is 0 Å². The van der Waals surface area contributed by atoms with E-state index in [0.717, 1.165) is 31.6 Å². The lowest BCUT2D eigenvalue weighted by Crippen LogP contribution is -2.53. The lowest BCUT2D eigenvalue weighted by Gasteiger charge is -2.35. The average Bonchev–Trinajstić information content (AvgIpc) is 2.46. The lowest BCUT2D eigenvalue weighted by molar-refractivity contribution is -0.136. The molecule has 1 aromatic heterocycles. The van der Waals surface area contributed by atoms with Crippen molar-refractivity contribution in [1.82, 2.24) is 15.2 Å². The highest BCUT2D eigenvalue weighted by molar-refractivity contribution is 5.82. The van der Waals surface area contributed by atoms with Gasteiger partial charge in [-0.1, -0.05) is 13.0 Å². The van der Waals surface area contributed by atoms with Gasteiger partial charge < -0.3 is 10.2 Å². The Kier molecular flexibility index (Phi) is 3.51. The van der Waals surface area contributed by atoms with Crippen molar-refractivity contribution >= 4 is 5.91 Å². The number of hydrogen-bond acceptors (Lipinski definition) is 3. The maximum atomic E-state index is 12.6. The molecule has 102 valence electrons. The van der Waals surface area contributed by atoms with Crippen LogP contribution in [0.3, 0.4) is 0 Å². The van der Waals surface area contributed by atoms with Crippen LogP contribution in [0.15, 0.2) is 18.3 Å². The van der Waals surface area contributed by atoms with Gasteiger partial charge >= 0.3 is 0 Å². The van der Waals surface area contributed by atoms with Crippen molar-refractivity contribution in [3.05, 3.63) is 29.6 Å². The molecule has 0 radical (unpaired) electrons. The smallest absolute Gasteiger partial charge is 0.240 e. The second-order valence-corrected chi connectivity index (χ2v) is 5.67. The van der Waals surface area contributed by atoms with E-state index in [1.807, 2.05) is 17.2 Å². The molecule has 2 aliphatic heterocycles. The Morgan fingerprint density at radius 1 is 1.53 bits per heavy atom. The van der Waals surface area contributed by atoms with Crippen LogP contribution in [0, 0.1) is 5.92 Å². The summed E-state index contributed by atoms with van der Waals surface area (Å²) in [6.45, 7) is 4.65. The normalized spacial score (nSPS) is 26.9. The summed E-state index contributed by atoms with van der Waals surface area (Å²) in [5, 5.41) is 3.38. The van der Waals surface area contributed by atoms with Crippen LogP contribution in [0.5, 0.6) is 0 Å². The van der Waals surface area contributed by atoms with Crippen LogP contribution in [0.1, 0.15) is 31.0 Å². The molecule has 1 saturated heterocycles. The predicted octanol–water partition coefficient (Wildman–Crippen LogP) is 1.35. The van der Waals surface area contributed by atoms with Gasteiger partial charge in [-0.15, -0.1) is 0 Å². The third-order valence-corrected chi connectivity index (χ3v) is 4.31. The Labute approximate surface area is 114 Å². The van der Waals surface area contributed by atoms with Crippen LogP contribution in [-0.2, 0) is 17.8 Å². The fourth-order valence-corrected chi connectivity index (χ4v) is 3.13. The van der Waals surface area contributed by atoms with Gasteiger partial charge in [-0.25, -0.2) is 0 Å². The summed E-state index contributed by atoms with van der Waals surface area (Å²) < 4.78 is 0. The first kappa shape index (κ1) is 12.6. The molecule has 0 saturated carbocycles. The molecule has 1 N–H and O–H groups in total. The minimum atomic E-state index is 0.00646. The van der Waals surface area contributed by atoms with E-state index >= 15 is 0 Å². The Bertz CT molecular complexity index is 474. The molecule has 0 bridgehead atoms. The van der Waals surface area contributed by atoms with Gasteiger partial charge in [-0.2, -0.15) is 0 Å². The topological polar surface area (TPSA) is 45.2 Å². The minimum absolute atomic E-state index is 0.00646. The van der Waals surface area contributed by atoms with E-state index in [1.165, 1.54) is 12.0 Å². The number of carbonyl (C=O) groups excluding carboxylic acids is 1. The summed E-state index contributed by atoms with van der Waals surface area (Å²) in [6.07, 6.45) is 5.04. The van der Waals surface area contributed by atoms with E-state index in [9.17, 15) is 4.79 Å². The van der Waals surface area contributed by atoms with Gasteiger partial charge in [0.05, 0.1) is 6.04 Å². The number of aromatic nitrogens is 1. The van der Waals surface area contributed by atoms with Crippen molar-refractivity contribution in [2.45, 2.75) is 38.8 Å². The molecule has 19 heavy (non-hydrogen) atoms. The largest absolute Gasteiger partial charge is 0.337 e. The molecule has 3 rings (SSSR count). The molecule has 0 aliphatic carbocycles. The van der Waals surface area contributed by atoms with Crippen molar-refractivity contribution in [2.24, 2.45) is 5.92 Å². The summed E-state index contributed by atoms with van der Waals surface area (Å²) in [5.41, 5.74) is 2.35. The standard InChI is InChI=1S/C15H21N3O/c1-11-4-2-8-17-14(11)15(19)18-9-6-13-12(10-18)5-3-7-16-13/h3,5,7,11,14,17H,2,4,6,8-10H2,1H3. The van der Waals surface area contributed by atoms with Crippen molar-refractivity contribution in [3.8, 4) is 0 Å². The van der Waals surface area contributed by atoms with Crippen LogP contribution in [0.4, 0.5) is 0 Å². The fourth-order valence-electron chi connectivity index (χ4n) is 3.13. The van der Waals surface area contributed by atoms with Crippen LogP contribution < -0.4 is 5.32 Å². The van der Waals surface area contributed by atoms with Gasteiger partial charge in [0.2, 0.25) is 5.91 Å². The van der Waals surface area contributed by atoms with Crippen LogP contribution in [0.25, 0.3) is 0 Å². The molecule has 2 atom stereocenters. The summed E-state index contributed by atoms with van der Waals surface area (Å²) >= 11 is 0. The molecular weight excluding hydrogens is 238 g/mol. The van der Waals surface area contributed by atoms with E-state index in [0.29, 0.717) is 12.5 Å². The molecule has 0 aromatic carbocycles. The zero-order valence-electron chi connectivity index (χ0n) is 11.4. The number of fused-ring (bicyclic) bond motifs is 1. The van der Waals surface area contributed by atoms with Crippen molar-refractivity contribution in [2.75, 3.05) is 13.1 Å². The molecule has 1 aromatic rings. The molecule has 3 heterocycles. The minimum Gasteiger partial charge on any atom is -0.337 e. The molecule has 1 amide bonds. The van der Waals surface area contributed by atoms with E-state index in [-0.39, 0.29) is 11.9 Å². The van der Waals surface area contributed by atoms with Crippen molar-refractivity contribution in [3.63, 3.8) is 0 Å². The monoisotopic (exact) mass is 259 g/mol. The van der Waals surface area contributed by atoms with Crippen LogP contribution in [-0.4, -0.2) is 34.9 Å². The van der Waals surface area contributed by atoms with Gasteiger partial charge in [0.15, 0.2) is 0 Å². The third kappa shape index (κ3) is 2.50. The first-order chi connectivity index (χ1) is 9.25. The van der Waals surface area contributed by atoms with Gasteiger partial charge in [0, 0.05) is 31.4 Å². The number of pyridine rings is 1. The summed E-state index contributed by atoms with van der Waals surface area (Å²) in [6, 6.07) is 4.04. The molecule has 4 heteroatoms. The number of nitrogens with zero attached hydrogens (tertiary/aromatic N) is 2. The lowest BCUT2D eigenvalue weighted by atomic mass is 9.91. The van der Waals surface area contributed by atoms with Gasteiger partial charge in [0.25, 0.3) is 0 Å². The number of carbonyl (C=O) groups is 1. The number of nitrogens with one attached hydrogen (secondary N) is 1. The number of piperidine rings is 1. The number of hydrogen-bond donors (Lipinski definition) is 1. The maximum Gasteiger partial charge on any atom is 0.240 e. The summed E-state index contributed by atoms with van der Waals surface area (Å²) in [4.78, 5) is 19.0. The van der Waals surface area contributed by atoms with E-state index in [2.05, 4.69) is 23.3 Å². The SMILES string of the molecule is CC1CCCNC1C(=O)N1CCc2ncccc2C1. The highest BCUT2D eigenvalue weighted by atomic mass is 16.2. The second kappa shape index (κ2) is 5.29. The van der Waals surface area contributed by atoms with Gasteiger partial charge in [-0.3, -0.25) is 9.78 Å². The zero-order valence-corrected chi connectivity index (χ0v) is 11.4. The van der Waals surface area contributed by atoms with Crippen molar-refractivity contribution < 1.29 is 4.79 Å². The number of rotatable bonds is 1. The second-order valence-electron chi connectivity index (χ2n) is 5.67. The van der Waals surface area contributed by atoms with E-state index < -0.39 is 0 Å². The summed E-state index contributed by atoms with van der Waals surface area (Å²) in [7, 11) is 0. The molecule has 4 nitrogen and oxygen atoms in total. The van der Waals surface area contributed by atoms with E-state index in [4.69, 9.17) is 0 Å². The predicted molar refractivity (Wildman–Crippen MR) is 73.5 cm³/mol. The van der Waals surface area contributed by atoms with Crippen molar-refractivity contribution in [1.29, 1.82) is 0 Å². The third-order valence-electron chi connectivity index (χ3n) is 4.31. The van der Waals surface area contributed by atoms with Crippen LogP contribution in [0.2, 0.25) is 0 Å². The molecule has 0 spiro atoms. The Morgan fingerprint density at radius 2 is 2.42 bits per heavy atom. The quantitative estimate of drug-likeness (QED) is 0.828. The molecule has 1 fully saturated rings. The van der Waals surface area contributed by atoms with Gasteiger partial charge in [-0.05, 0) is 36.9 Å². The van der Waals surface area contributed by atoms with E-state index in [1.54, 1.807) is 0 Å². The summed E-state index contributed by atoms with van der Waals surface area (Å²) in [5.74, 6) is 0.707. The highest BCUT2D eigenvalue weighted by Crippen LogP contribution is 2.21. The Morgan fingerprint density at radius 3 is 3.26 bits per heavy atom. The highest BCUT2D eigenvalue weighted by Gasteiger charge is 2.32. The first-order valence-electron chi connectivity index (χ1n) is 7.20. The fraction of sp³-hybridized carbons (Fsp3) is 0.600. The maximum absolute atomic E-state index is 12.6. The molecular formula is C15H21N3O. The Balaban J connectivity index is 1.72. The first-order valence-corrected chi connectivity index (χ1v) is 7.20. The Hall–Kier alpha value is -1.42. The number of amides is 1. The molecule has 2 unspecified atom stereocenters. The van der Waals surface area contributed by atoms with Crippen LogP contribution >= 0.6 is 0 Å². The average molecular weight is 259 g/mol.